The Morgan fingerprint density at radius 1 is 1.13 bits per heavy atom. The number of benzene rings is 2. The molecule has 1 saturated heterocycles. The van der Waals surface area contributed by atoms with Crippen LogP contribution in [0, 0.1) is 12.3 Å². The molecule has 1 atom stereocenters. The number of hydrogen-bond acceptors (Lipinski definition) is 6. The average molecular weight is 411 g/mol. The number of anilines is 1. The first-order chi connectivity index (χ1) is 14.2. The molecule has 1 fully saturated rings. The lowest BCUT2D eigenvalue weighted by Crippen LogP contribution is -2.58. The van der Waals surface area contributed by atoms with Crippen LogP contribution in [0.4, 0.5) is 5.69 Å². The zero-order valence-electron chi connectivity index (χ0n) is 18.0. The van der Waals surface area contributed by atoms with Gasteiger partial charge in [0.1, 0.15) is 29.4 Å². The summed E-state index contributed by atoms with van der Waals surface area (Å²) in [7, 11) is 0. The van der Waals surface area contributed by atoms with Crippen molar-refractivity contribution in [1.82, 2.24) is 0 Å². The van der Waals surface area contributed by atoms with Crippen LogP contribution in [0.2, 0.25) is 0 Å². The zero-order valence-corrected chi connectivity index (χ0v) is 18.0. The van der Waals surface area contributed by atoms with E-state index >= 15 is 0 Å². The Labute approximate surface area is 177 Å². The molecule has 6 nitrogen and oxygen atoms in total. The number of morpholine rings is 1. The highest BCUT2D eigenvalue weighted by atomic mass is 16.5. The number of fused-ring (bicyclic) bond motifs is 1. The summed E-state index contributed by atoms with van der Waals surface area (Å²) < 4.78 is 17.9. The van der Waals surface area contributed by atoms with Gasteiger partial charge in [-0.05, 0) is 39.3 Å². The Hall–Kier alpha value is -2.73. The number of phenols is 1. The van der Waals surface area contributed by atoms with Crippen LogP contribution in [0.3, 0.4) is 0 Å². The molecule has 30 heavy (non-hydrogen) atoms. The monoisotopic (exact) mass is 411 g/mol. The van der Waals surface area contributed by atoms with Crippen LogP contribution in [0.25, 0.3) is 0 Å². The number of hydrogen-bond donors (Lipinski definition) is 1. The van der Waals surface area contributed by atoms with E-state index in [-0.39, 0.29) is 23.7 Å². The fourth-order valence-corrected chi connectivity index (χ4v) is 3.97. The SMILES string of the molecule is Cc1ccccc1OCC1(C)Oc2cc(N3CCOCC3)cc(O)c2C(=O)C1(C)C. The summed E-state index contributed by atoms with van der Waals surface area (Å²) in [6, 6.07) is 11.3. The number of rotatable bonds is 4. The van der Waals surface area contributed by atoms with Crippen LogP contribution in [-0.4, -0.2) is 49.4 Å². The van der Waals surface area contributed by atoms with Gasteiger partial charge in [0.25, 0.3) is 0 Å². The maximum atomic E-state index is 13.4. The van der Waals surface area contributed by atoms with Crippen LogP contribution in [-0.2, 0) is 4.74 Å². The third-order valence-electron chi connectivity index (χ3n) is 6.49. The summed E-state index contributed by atoms with van der Waals surface area (Å²) in [5.41, 5.74) is 0.291. The van der Waals surface area contributed by atoms with Gasteiger partial charge in [0, 0.05) is 30.9 Å². The molecule has 160 valence electrons. The molecule has 1 N–H and O–H groups in total. The number of phenolic OH excluding ortho intramolecular Hbond substituents is 1. The molecule has 4 rings (SSSR count). The Kier molecular flexibility index (Phi) is 5.14. The van der Waals surface area contributed by atoms with Gasteiger partial charge in [0.05, 0.1) is 18.6 Å². The van der Waals surface area contributed by atoms with Gasteiger partial charge >= 0.3 is 0 Å². The number of ketones is 1. The maximum absolute atomic E-state index is 13.4. The van der Waals surface area contributed by atoms with Crippen LogP contribution in [0.5, 0.6) is 17.2 Å². The fraction of sp³-hybridized carbons (Fsp3) is 0.458. The van der Waals surface area contributed by atoms with Crippen LogP contribution < -0.4 is 14.4 Å². The second-order valence-corrected chi connectivity index (χ2v) is 8.78. The molecule has 2 aliphatic heterocycles. The lowest BCUT2D eigenvalue weighted by molar-refractivity contribution is -0.0535. The van der Waals surface area contributed by atoms with Crippen molar-refractivity contribution in [2.24, 2.45) is 5.41 Å². The fourth-order valence-electron chi connectivity index (χ4n) is 3.97. The van der Waals surface area contributed by atoms with E-state index in [1.54, 1.807) is 6.07 Å². The third-order valence-corrected chi connectivity index (χ3v) is 6.49. The Morgan fingerprint density at radius 2 is 1.83 bits per heavy atom. The summed E-state index contributed by atoms with van der Waals surface area (Å²) in [6.45, 7) is 10.5. The number of ether oxygens (including phenoxy) is 3. The first kappa shape index (κ1) is 20.5. The Balaban J connectivity index is 1.68. The van der Waals surface area contributed by atoms with E-state index in [0.717, 1.165) is 30.1 Å². The number of Topliss-reactive ketones (excluding diaryl/α,β-unsaturated/α-hetero) is 1. The summed E-state index contributed by atoms with van der Waals surface area (Å²) in [4.78, 5) is 15.5. The standard InChI is InChI=1S/C24H29NO5/c1-16-7-5-6-8-19(16)29-15-24(4)23(2,3)22(27)21-18(26)13-17(14-20(21)30-24)25-9-11-28-12-10-25/h5-8,13-14,26H,9-12,15H2,1-4H3. The number of carbonyl (C=O) groups is 1. The van der Waals surface area contributed by atoms with E-state index in [4.69, 9.17) is 14.2 Å². The smallest absolute Gasteiger partial charge is 0.180 e. The lowest BCUT2D eigenvalue weighted by atomic mass is 9.69. The minimum absolute atomic E-state index is 0.0473. The van der Waals surface area contributed by atoms with Crippen molar-refractivity contribution in [3.8, 4) is 17.2 Å². The van der Waals surface area contributed by atoms with Gasteiger partial charge < -0.3 is 24.2 Å². The first-order valence-corrected chi connectivity index (χ1v) is 10.3. The molecule has 0 aromatic heterocycles. The van der Waals surface area contributed by atoms with E-state index in [9.17, 15) is 9.90 Å². The van der Waals surface area contributed by atoms with Crippen LogP contribution in [0.1, 0.15) is 36.7 Å². The highest BCUT2D eigenvalue weighted by molar-refractivity contribution is 6.07. The second-order valence-electron chi connectivity index (χ2n) is 8.78. The van der Waals surface area contributed by atoms with E-state index in [2.05, 4.69) is 4.90 Å². The lowest BCUT2D eigenvalue weighted by Gasteiger charge is -2.46. The van der Waals surface area contributed by atoms with E-state index in [1.807, 2.05) is 58.0 Å². The predicted octanol–water partition coefficient (Wildman–Crippen LogP) is 3.98. The minimum atomic E-state index is -0.907. The van der Waals surface area contributed by atoms with E-state index in [0.29, 0.717) is 19.0 Å². The second kappa shape index (κ2) is 7.51. The highest BCUT2D eigenvalue weighted by Crippen LogP contribution is 2.49. The topological polar surface area (TPSA) is 68.2 Å². The number of para-hydroxylation sites is 1. The summed E-state index contributed by atoms with van der Waals surface area (Å²) >= 11 is 0. The summed E-state index contributed by atoms with van der Waals surface area (Å²) in [6.07, 6.45) is 0. The zero-order chi connectivity index (χ0) is 21.5. The van der Waals surface area contributed by atoms with Crippen molar-refractivity contribution < 1.29 is 24.1 Å². The Morgan fingerprint density at radius 3 is 2.53 bits per heavy atom. The normalized spacial score (nSPS) is 22.9. The molecule has 2 aliphatic rings. The molecule has 2 aromatic rings. The number of nitrogens with zero attached hydrogens (tertiary/aromatic N) is 1. The molecule has 0 spiro atoms. The summed E-state index contributed by atoms with van der Waals surface area (Å²) in [5.74, 6) is 0.970. The third kappa shape index (κ3) is 3.39. The molecule has 2 heterocycles. The van der Waals surface area contributed by atoms with Gasteiger partial charge in [-0.3, -0.25) is 4.79 Å². The van der Waals surface area contributed by atoms with Gasteiger partial charge in [-0.25, -0.2) is 0 Å². The molecule has 0 amide bonds. The van der Waals surface area contributed by atoms with Gasteiger partial charge in [0.2, 0.25) is 0 Å². The van der Waals surface area contributed by atoms with Crippen LogP contribution in [0.15, 0.2) is 36.4 Å². The van der Waals surface area contributed by atoms with Crippen LogP contribution >= 0.6 is 0 Å². The molecule has 1 unspecified atom stereocenters. The van der Waals surface area contributed by atoms with Crippen molar-refractivity contribution in [2.75, 3.05) is 37.8 Å². The molecule has 0 radical (unpaired) electrons. The predicted molar refractivity (Wildman–Crippen MR) is 115 cm³/mol. The highest BCUT2D eigenvalue weighted by Gasteiger charge is 2.54. The van der Waals surface area contributed by atoms with Gasteiger partial charge in [-0.1, -0.05) is 18.2 Å². The molecule has 0 aliphatic carbocycles. The molecule has 2 aromatic carbocycles. The van der Waals surface area contributed by atoms with Crippen molar-refractivity contribution in [1.29, 1.82) is 0 Å². The molecular formula is C24H29NO5. The van der Waals surface area contributed by atoms with Crippen molar-refractivity contribution in [2.45, 2.75) is 33.3 Å². The largest absolute Gasteiger partial charge is 0.507 e. The first-order valence-electron chi connectivity index (χ1n) is 10.3. The number of aryl methyl sites for hydroxylation is 1. The van der Waals surface area contributed by atoms with Gasteiger partial charge in [-0.2, -0.15) is 0 Å². The maximum Gasteiger partial charge on any atom is 0.180 e. The Bertz CT molecular complexity index is 964. The molecular weight excluding hydrogens is 382 g/mol. The quantitative estimate of drug-likeness (QED) is 0.821. The van der Waals surface area contributed by atoms with Gasteiger partial charge in [0.15, 0.2) is 11.4 Å². The summed E-state index contributed by atoms with van der Waals surface area (Å²) in [5, 5.41) is 10.7. The van der Waals surface area contributed by atoms with E-state index < -0.39 is 11.0 Å². The van der Waals surface area contributed by atoms with Crippen molar-refractivity contribution >= 4 is 11.5 Å². The van der Waals surface area contributed by atoms with Crippen molar-refractivity contribution in [3.05, 3.63) is 47.5 Å². The molecule has 6 heteroatoms. The van der Waals surface area contributed by atoms with E-state index in [1.165, 1.54) is 0 Å². The number of carbonyl (C=O) groups excluding carboxylic acids is 1. The number of aromatic hydroxyl groups is 1. The molecule has 0 bridgehead atoms. The van der Waals surface area contributed by atoms with Gasteiger partial charge in [-0.15, -0.1) is 0 Å². The molecule has 0 saturated carbocycles. The minimum Gasteiger partial charge on any atom is -0.507 e. The van der Waals surface area contributed by atoms with Crippen molar-refractivity contribution in [3.63, 3.8) is 0 Å². The average Bonchev–Trinajstić information content (AvgIpc) is 2.72.